The second kappa shape index (κ2) is 6.49. The normalized spacial score (nSPS) is 14.1. The average Bonchev–Trinajstić information content (AvgIpc) is 2.35. The van der Waals surface area contributed by atoms with Gasteiger partial charge in [0.05, 0.1) is 12.4 Å². The van der Waals surface area contributed by atoms with Crippen LogP contribution in [-0.2, 0) is 10.0 Å². The highest BCUT2D eigenvalue weighted by Crippen LogP contribution is 2.20. The van der Waals surface area contributed by atoms with Crippen molar-refractivity contribution in [3.8, 4) is 0 Å². The zero-order valence-corrected chi connectivity index (χ0v) is 13.6. The summed E-state index contributed by atoms with van der Waals surface area (Å²) in [7, 11) is -3.58. The van der Waals surface area contributed by atoms with Crippen LogP contribution in [0.1, 0.15) is 41.0 Å². The maximum atomic E-state index is 12.2. The fourth-order valence-corrected chi connectivity index (χ4v) is 2.60. The van der Waals surface area contributed by atoms with Crippen LogP contribution in [0.4, 0.5) is 5.95 Å². The number of nitrogens with one attached hydrogen (secondary N) is 2. The van der Waals surface area contributed by atoms with Gasteiger partial charge in [-0.2, -0.15) is 0 Å². The van der Waals surface area contributed by atoms with Gasteiger partial charge in [-0.1, -0.05) is 27.7 Å². The van der Waals surface area contributed by atoms with Crippen molar-refractivity contribution < 1.29 is 8.42 Å². The van der Waals surface area contributed by atoms with Gasteiger partial charge in [0.2, 0.25) is 16.0 Å². The molecule has 0 fully saturated rings. The van der Waals surface area contributed by atoms with E-state index in [-0.39, 0.29) is 16.4 Å². The number of aromatic nitrogens is 2. The predicted molar refractivity (Wildman–Crippen MR) is 80.1 cm³/mol. The van der Waals surface area contributed by atoms with Gasteiger partial charge in [0, 0.05) is 12.6 Å². The minimum Gasteiger partial charge on any atom is -0.354 e. The molecule has 1 rings (SSSR count). The van der Waals surface area contributed by atoms with E-state index >= 15 is 0 Å². The average molecular weight is 300 g/mol. The van der Waals surface area contributed by atoms with Gasteiger partial charge in [-0.15, -0.1) is 0 Å². The first kappa shape index (κ1) is 16.8. The van der Waals surface area contributed by atoms with E-state index in [0.717, 1.165) is 13.0 Å². The molecule has 2 N–H and O–H groups in total. The van der Waals surface area contributed by atoms with E-state index in [1.54, 1.807) is 0 Å². The number of sulfonamides is 1. The summed E-state index contributed by atoms with van der Waals surface area (Å²) < 4.78 is 27.1. The lowest BCUT2D eigenvalue weighted by Crippen LogP contribution is -2.41. The summed E-state index contributed by atoms with van der Waals surface area (Å²) in [5.41, 5.74) is -0.156. The molecule has 1 aromatic heterocycles. The molecule has 0 aliphatic heterocycles. The molecule has 0 bridgehead atoms. The molecule has 0 saturated heterocycles. The van der Waals surface area contributed by atoms with Crippen LogP contribution >= 0.6 is 0 Å². The van der Waals surface area contributed by atoms with E-state index in [0.29, 0.717) is 5.95 Å². The minimum absolute atomic E-state index is 0.0793. The van der Waals surface area contributed by atoms with Crippen LogP contribution < -0.4 is 10.0 Å². The molecule has 0 radical (unpaired) electrons. The largest absolute Gasteiger partial charge is 0.354 e. The first-order valence-electron chi connectivity index (χ1n) is 6.75. The molecule has 6 nitrogen and oxygen atoms in total. The molecule has 20 heavy (non-hydrogen) atoms. The number of anilines is 1. The number of hydrogen-bond acceptors (Lipinski definition) is 5. The molecule has 0 amide bonds. The van der Waals surface area contributed by atoms with Crippen LogP contribution in [0.5, 0.6) is 0 Å². The predicted octanol–water partition coefficient (Wildman–Crippen LogP) is 2.01. The van der Waals surface area contributed by atoms with E-state index in [1.807, 2.05) is 34.6 Å². The lowest BCUT2D eigenvalue weighted by Gasteiger charge is -2.27. The Labute approximate surface area is 121 Å². The Morgan fingerprint density at radius 3 is 2.25 bits per heavy atom. The molecule has 0 spiro atoms. The van der Waals surface area contributed by atoms with Gasteiger partial charge in [0.25, 0.3) is 0 Å². The van der Waals surface area contributed by atoms with Gasteiger partial charge in [-0.25, -0.2) is 23.1 Å². The van der Waals surface area contributed by atoms with Crippen molar-refractivity contribution in [3.05, 3.63) is 12.4 Å². The third-order valence-electron chi connectivity index (χ3n) is 3.10. The van der Waals surface area contributed by atoms with Crippen molar-refractivity contribution in [3.63, 3.8) is 0 Å². The van der Waals surface area contributed by atoms with E-state index in [4.69, 9.17) is 0 Å². The molecule has 1 atom stereocenters. The van der Waals surface area contributed by atoms with Gasteiger partial charge in [0.1, 0.15) is 4.90 Å². The van der Waals surface area contributed by atoms with Crippen LogP contribution in [0.3, 0.4) is 0 Å². The minimum atomic E-state index is -3.58. The maximum absolute atomic E-state index is 12.2. The van der Waals surface area contributed by atoms with Crippen molar-refractivity contribution in [2.75, 3.05) is 11.9 Å². The monoisotopic (exact) mass is 300 g/mol. The molecule has 7 heteroatoms. The quantitative estimate of drug-likeness (QED) is 0.839. The Hall–Kier alpha value is -1.21. The smallest absolute Gasteiger partial charge is 0.243 e. The van der Waals surface area contributed by atoms with Gasteiger partial charge in [-0.3, -0.25) is 0 Å². The first-order valence-corrected chi connectivity index (χ1v) is 8.23. The SMILES string of the molecule is CCCNc1ncc(S(=O)(=O)NC(C)C(C)(C)C)cn1. The number of hydrogen-bond donors (Lipinski definition) is 2. The van der Waals surface area contributed by atoms with Crippen molar-refractivity contribution in [2.45, 2.75) is 52.0 Å². The maximum Gasteiger partial charge on any atom is 0.243 e. The third-order valence-corrected chi connectivity index (χ3v) is 4.60. The van der Waals surface area contributed by atoms with Crippen molar-refractivity contribution >= 4 is 16.0 Å². The Morgan fingerprint density at radius 2 is 1.80 bits per heavy atom. The zero-order chi connectivity index (χ0) is 15.4. The Balaban J connectivity index is 2.83. The highest BCUT2D eigenvalue weighted by atomic mass is 32.2. The number of rotatable bonds is 6. The van der Waals surface area contributed by atoms with Crippen molar-refractivity contribution in [1.82, 2.24) is 14.7 Å². The summed E-state index contributed by atoms with van der Waals surface area (Å²) in [5.74, 6) is 0.440. The van der Waals surface area contributed by atoms with Gasteiger partial charge >= 0.3 is 0 Å². The second-order valence-electron chi connectivity index (χ2n) is 5.88. The van der Waals surface area contributed by atoms with E-state index in [1.165, 1.54) is 12.4 Å². The van der Waals surface area contributed by atoms with E-state index in [9.17, 15) is 8.42 Å². The van der Waals surface area contributed by atoms with Crippen LogP contribution in [-0.4, -0.2) is 31.0 Å². The van der Waals surface area contributed by atoms with Crippen LogP contribution in [0.2, 0.25) is 0 Å². The van der Waals surface area contributed by atoms with E-state index in [2.05, 4.69) is 20.0 Å². The summed E-state index contributed by atoms with van der Waals surface area (Å²) in [5, 5.41) is 3.00. The summed E-state index contributed by atoms with van der Waals surface area (Å²) in [4.78, 5) is 8.10. The molecule has 1 heterocycles. The third kappa shape index (κ3) is 4.72. The number of nitrogens with zero attached hydrogens (tertiary/aromatic N) is 2. The molecule has 0 saturated carbocycles. The van der Waals surface area contributed by atoms with Gasteiger partial charge in [0.15, 0.2) is 0 Å². The fourth-order valence-electron chi connectivity index (χ4n) is 1.26. The molecule has 1 unspecified atom stereocenters. The Morgan fingerprint density at radius 1 is 1.25 bits per heavy atom. The fraction of sp³-hybridized carbons (Fsp3) is 0.692. The first-order chi connectivity index (χ1) is 9.16. The molecule has 0 aliphatic rings. The molecular formula is C13H24N4O2S. The van der Waals surface area contributed by atoms with Gasteiger partial charge in [-0.05, 0) is 18.8 Å². The van der Waals surface area contributed by atoms with Crippen molar-refractivity contribution in [1.29, 1.82) is 0 Å². The van der Waals surface area contributed by atoms with Crippen molar-refractivity contribution in [2.24, 2.45) is 5.41 Å². The molecule has 114 valence electrons. The summed E-state index contributed by atoms with van der Waals surface area (Å²) in [6.07, 6.45) is 3.60. The second-order valence-corrected chi connectivity index (χ2v) is 7.59. The van der Waals surface area contributed by atoms with Gasteiger partial charge < -0.3 is 5.32 Å². The molecule has 0 aliphatic carbocycles. The molecule has 0 aromatic carbocycles. The van der Waals surface area contributed by atoms with Crippen LogP contribution in [0.25, 0.3) is 0 Å². The Kier molecular flexibility index (Phi) is 5.47. The highest BCUT2D eigenvalue weighted by Gasteiger charge is 2.26. The summed E-state index contributed by atoms with van der Waals surface area (Å²) in [6, 6.07) is -0.189. The molecule has 1 aromatic rings. The Bertz CT molecular complexity index is 520. The van der Waals surface area contributed by atoms with E-state index < -0.39 is 10.0 Å². The highest BCUT2D eigenvalue weighted by molar-refractivity contribution is 7.89. The summed E-state index contributed by atoms with van der Waals surface area (Å²) >= 11 is 0. The zero-order valence-electron chi connectivity index (χ0n) is 12.8. The standard InChI is InChI=1S/C13H24N4O2S/c1-6-7-14-12-15-8-11(9-16-12)20(18,19)17-10(2)13(3,4)5/h8-10,17H,6-7H2,1-5H3,(H,14,15,16). The van der Waals surface area contributed by atoms with Crippen LogP contribution in [0, 0.1) is 5.41 Å². The summed E-state index contributed by atoms with van der Waals surface area (Å²) in [6.45, 7) is 10.6. The lowest BCUT2D eigenvalue weighted by atomic mass is 9.89. The topological polar surface area (TPSA) is 84.0 Å². The van der Waals surface area contributed by atoms with Crippen LogP contribution in [0.15, 0.2) is 17.3 Å². The lowest BCUT2D eigenvalue weighted by molar-refractivity contribution is 0.317. The molecular weight excluding hydrogens is 276 g/mol.